The lowest BCUT2D eigenvalue weighted by atomic mass is 10.1. The molecule has 0 aliphatic rings. The van der Waals surface area contributed by atoms with Crippen LogP contribution in [0, 0.1) is 5.82 Å². The third-order valence-corrected chi connectivity index (χ3v) is 2.38. The summed E-state index contributed by atoms with van der Waals surface area (Å²) in [6.07, 6.45) is 0.651. The molecule has 2 N–H and O–H groups in total. The smallest absolute Gasteiger partial charge is 0.316 e. The van der Waals surface area contributed by atoms with Gasteiger partial charge in [-0.1, -0.05) is 12.1 Å². The number of rotatable bonds is 8. The molecule has 0 bridgehead atoms. The Morgan fingerprint density at radius 2 is 1.95 bits per heavy atom. The summed E-state index contributed by atoms with van der Waals surface area (Å²) in [5.74, 6) is -0.261. The summed E-state index contributed by atoms with van der Waals surface area (Å²) in [5, 5.41) is 5.23. The first kappa shape index (κ1) is 15.4. The van der Waals surface area contributed by atoms with Gasteiger partial charge in [-0.25, -0.2) is 9.18 Å². The number of urea groups is 1. The summed E-state index contributed by atoms with van der Waals surface area (Å²) in [7, 11) is 1.58. The van der Waals surface area contributed by atoms with Gasteiger partial charge in [0.2, 0.25) is 0 Å². The van der Waals surface area contributed by atoms with E-state index in [1.165, 1.54) is 12.1 Å². The van der Waals surface area contributed by atoms with E-state index in [2.05, 4.69) is 10.6 Å². The molecule has 0 fully saturated rings. The van der Waals surface area contributed by atoms with E-state index in [1.807, 2.05) is 0 Å². The molecule has 0 saturated carbocycles. The molecule has 0 heterocycles. The van der Waals surface area contributed by atoms with Crippen LogP contribution in [0.1, 0.15) is 5.56 Å². The number of carbonyl (C=O) groups is 1. The first-order chi connectivity index (χ1) is 9.22. The number of ether oxygens (including phenoxy) is 2. The molecular formula is C13H19FN2O3. The van der Waals surface area contributed by atoms with E-state index in [0.29, 0.717) is 26.2 Å². The minimum atomic E-state index is -0.292. The summed E-state index contributed by atoms with van der Waals surface area (Å²) < 4.78 is 22.5. The van der Waals surface area contributed by atoms with Gasteiger partial charge in [-0.15, -0.1) is 0 Å². The third-order valence-electron chi connectivity index (χ3n) is 2.38. The van der Waals surface area contributed by atoms with E-state index < -0.39 is 0 Å². The highest BCUT2D eigenvalue weighted by molar-refractivity contribution is 5.73. The number of hydrogen-bond acceptors (Lipinski definition) is 3. The minimum Gasteiger partial charge on any atom is -0.382 e. The van der Waals surface area contributed by atoms with E-state index in [-0.39, 0.29) is 18.6 Å². The molecule has 0 atom stereocenters. The maximum atomic E-state index is 12.7. The van der Waals surface area contributed by atoms with Crippen molar-refractivity contribution in [2.24, 2.45) is 0 Å². The lowest BCUT2D eigenvalue weighted by Crippen LogP contribution is -2.38. The van der Waals surface area contributed by atoms with Gasteiger partial charge in [-0.3, -0.25) is 0 Å². The molecule has 2 amide bonds. The van der Waals surface area contributed by atoms with Crippen LogP contribution in [-0.2, 0) is 15.9 Å². The zero-order chi connectivity index (χ0) is 13.9. The van der Waals surface area contributed by atoms with Crippen LogP contribution in [0.5, 0.6) is 0 Å². The second-order valence-electron chi connectivity index (χ2n) is 3.85. The quantitative estimate of drug-likeness (QED) is 0.553. The Bertz CT molecular complexity index is 371. The Hall–Kier alpha value is -1.66. The van der Waals surface area contributed by atoms with Crippen molar-refractivity contribution in [3.8, 4) is 0 Å². The maximum absolute atomic E-state index is 12.7. The summed E-state index contributed by atoms with van der Waals surface area (Å²) >= 11 is 0. The fraction of sp³-hybridized carbons (Fsp3) is 0.462. The Balaban J connectivity index is 2.05. The lowest BCUT2D eigenvalue weighted by Gasteiger charge is -2.08. The average Bonchev–Trinajstić information content (AvgIpc) is 2.41. The number of hydrogen-bond donors (Lipinski definition) is 2. The van der Waals surface area contributed by atoms with Crippen LogP contribution in [-0.4, -0.2) is 39.6 Å². The molecule has 6 heteroatoms. The van der Waals surface area contributed by atoms with Crippen molar-refractivity contribution < 1.29 is 18.7 Å². The first-order valence-electron chi connectivity index (χ1n) is 6.05. The molecule has 1 aromatic carbocycles. The highest BCUT2D eigenvalue weighted by Crippen LogP contribution is 2.02. The normalized spacial score (nSPS) is 10.2. The van der Waals surface area contributed by atoms with Crippen LogP contribution >= 0.6 is 0 Å². The van der Waals surface area contributed by atoms with Crippen LogP contribution < -0.4 is 10.6 Å². The second-order valence-corrected chi connectivity index (χ2v) is 3.85. The van der Waals surface area contributed by atoms with Gasteiger partial charge in [0.1, 0.15) is 12.5 Å². The highest BCUT2D eigenvalue weighted by Gasteiger charge is 1.99. The van der Waals surface area contributed by atoms with Crippen LogP contribution in [0.2, 0.25) is 0 Å². The Morgan fingerprint density at radius 1 is 1.21 bits per heavy atom. The van der Waals surface area contributed by atoms with E-state index in [9.17, 15) is 9.18 Å². The average molecular weight is 270 g/mol. The van der Waals surface area contributed by atoms with Gasteiger partial charge in [-0.2, -0.15) is 0 Å². The standard InChI is InChI=1S/C13H19FN2O3/c1-18-8-9-19-10-16-13(17)15-7-6-11-2-4-12(14)5-3-11/h2-5H,6-10H2,1H3,(H2,15,16,17). The second kappa shape index (κ2) is 9.29. The fourth-order valence-corrected chi connectivity index (χ4v) is 1.36. The van der Waals surface area contributed by atoms with Gasteiger partial charge in [0.15, 0.2) is 0 Å². The zero-order valence-corrected chi connectivity index (χ0v) is 10.9. The van der Waals surface area contributed by atoms with E-state index in [0.717, 1.165) is 5.56 Å². The van der Waals surface area contributed by atoms with Gasteiger partial charge >= 0.3 is 6.03 Å². The number of methoxy groups -OCH3 is 1. The molecule has 5 nitrogen and oxygen atoms in total. The van der Waals surface area contributed by atoms with Gasteiger partial charge in [-0.05, 0) is 24.1 Å². The molecule has 1 aromatic rings. The van der Waals surface area contributed by atoms with Crippen molar-refractivity contribution in [3.05, 3.63) is 35.6 Å². The number of benzene rings is 1. The molecule has 1 rings (SSSR count). The van der Waals surface area contributed by atoms with E-state index in [4.69, 9.17) is 9.47 Å². The van der Waals surface area contributed by atoms with Crippen molar-refractivity contribution in [3.63, 3.8) is 0 Å². The molecule has 0 spiro atoms. The van der Waals surface area contributed by atoms with Crippen LogP contribution in [0.3, 0.4) is 0 Å². The molecule has 0 unspecified atom stereocenters. The van der Waals surface area contributed by atoms with Crippen LogP contribution in [0.25, 0.3) is 0 Å². The largest absolute Gasteiger partial charge is 0.382 e. The Labute approximate surface area is 112 Å². The van der Waals surface area contributed by atoms with Crippen molar-refractivity contribution >= 4 is 6.03 Å². The molecular weight excluding hydrogens is 251 g/mol. The summed E-state index contributed by atoms with van der Waals surface area (Å²) in [4.78, 5) is 11.3. The van der Waals surface area contributed by atoms with E-state index >= 15 is 0 Å². The highest BCUT2D eigenvalue weighted by atomic mass is 19.1. The zero-order valence-electron chi connectivity index (χ0n) is 10.9. The maximum Gasteiger partial charge on any atom is 0.316 e. The SMILES string of the molecule is COCCOCNC(=O)NCCc1ccc(F)cc1. The summed E-state index contributed by atoms with van der Waals surface area (Å²) in [6, 6.07) is 5.91. The van der Waals surface area contributed by atoms with Crippen molar-refractivity contribution in [1.82, 2.24) is 10.6 Å². The number of carbonyl (C=O) groups excluding carboxylic acids is 1. The van der Waals surface area contributed by atoms with Gasteiger partial charge < -0.3 is 20.1 Å². The number of amides is 2. The molecule has 19 heavy (non-hydrogen) atoms. The predicted octanol–water partition coefficient (Wildman–Crippen LogP) is 1.29. The Kier molecular flexibility index (Phi) is 7.53. The predicted molar refractivity (Wildman–Crippen MR) is 69.3 cm³/mol. The molecule has 0 aliphatic carbocycles. The van der Waals surface area contributed by atoms with Gasteiger partial charge in [0.05, 0.1) is 13.2 Å². The fourth-order valence-electron chi connectivity index (χ4n) is 1.36. The minimum absolute atomic E-state index is 0.145. The molecule has 0 saturated heterocycles. The van der Waals surface area contributed by atoms with Crippen molar-refractivity contribution in [2.75, 3.05) is 33.6 Å². The summed E-state index contributed by atoms with van der Waals surface area (Å²) in [6.45, 7) is 1.56. The molecule has 106 valence electrons. The van der Waals surface area contributed by atoms with Crippen LogP contribution in [0.15, 0.2) is 24.3 Å². The molecule has 0 aromatic heterocycles. The van der Waals surface area contributed by atoms with Crippen LogP contribution in [0.4, 0.5) is 9.18 Å². The van der Waals surface area contributed by atoms with E-state index in [1.54, 1.807) is 19.2 Å². The number of nitrogens with one attached hydrogen (secondary N) is 2. The molecule has 0 radical (unpaired) electrons. The van der Waals surface area contributed by atoms with Crippen molar-refractivity contribution in [2.45, 2.75) is 6.42 Å². The number of halogens is 1. The third kappa shape index (κ3) is 7.38. The monoisotopic (exact) mass is 270 g/mol. The van der Waals surface area contributed by atoms with Crippen molar-refractivity contribution in [1.29, 1.82) is 0 Å². The first-order valence-corrected chi connectivity index (χ1v) is 6.05. The van der Waals surface area contributed by atoms with Gasteiger partial charge in [0, 0.05) is 13.7 Å². The van der Waals surface area contributed by atoms with Gasteiger partial charge in [0.25, 0.3) is 0 Å². The summed E-state index contributed by atoms with van der Waals surface area (Å²) in [5.41, 5.74) is 0.970. The lowest BCUT2D eigenvalue weighted by molar-refractivity contribution is 0.0643. The molecule has 0 aliphatic heterocycles. The topological polar surface area (TPSA) is 59.6 Å². The Morgan fingerprint density at radius 3 is 2.63 bits per heavy atom.